The summed E-state index contributed by atoms with van der Waals surface area (Å²) >= 11 is 0. The number of nitrogens with zero attached hydrogens (tertiary/aromatic N) is 6. The molecule has 1 saturated carbocycles. The molecule has 182 valence electrons. The van der Waals surface area contributed by atoms with Gasteiger partial charge in [0.05, 0.1) is 17.5 Å². The van der Waals surface area contributed by atoms with Crippen LogP contribution in [-0.2, 0) is 12.6 Å². The molecule has 0 bridgehead atoms. The third kappa shape index (κ3) is 3.52. The molecule has 7 nitrogen and oxygen atoms in total. The lowest BCUT2D eigenvalue weighted by molar-refractivity contribution is 0.253. The monoisotopic (exact) mass is 489 g/mol. The van der Waals surface area contributed by atoms with Crippen molar-refractivity contribution < 1.29 is 4.39 Å². The van der Waals surface area contributed by atoms with Crippen molar-refractivity contribution in [2.45, 2.75) is 24.8 Å². The van der Waals surface area contributed by atoms with Gasteiger partial charge in [-0.3, -0.25) is 4.40 Å². The van der Waals surface area contributed by atoms with Gasteiger partial charge in [-0.25, -0.2) is 14.4 Å². The number of imidazole rings is 1. The van der Waals surface area contributed by atoms with Gasteiger partial charge >= 0.3 is 0 Å². The maximum absolute atomic E-state index is 13.8. The Bertz CT molecular complexity index is 1780. The van der Waals surface area contributed by atoms with Gasteiger partial charge in [-0.1, -0.05) is 36.4 Å². The molecule has 0 saturated heterocycles. The molecule has 2 aromatic carbocycles. The summed E-state index contributed by atoms with van der Waals surface area (Å²) in [5.74, 6) is 0.379. The Hall–Kier alpha value is -4.43. The van der Waals surface area contributed by atoms with Gasteiger partial charge in [0.15, 0.2) is 11.5 Å². The number of hydrogen-bond donors (Lipinski definition) is 1. The summed E-state index contributed by atoms with van der Waals surface area (Å²) < 4.78 is 17.6. The third-order valence-electron chi connectivity index (χ3n) is 7.44. The molecule has 1 aliphatic carbocycles. The molecule has 2 N–H and O–H groups in total. The molecule has 0 unspecified atom stereocenters. The van der Waals surface area contributed by atoms with Crippen LogP contribution in [0.1, 0.15) is 24.8 Å². The summed E-state index contributed by atoms with van der Waals surface area (Å²) in [4.78, 5) is 9.51. The molecule has 7 rings (SSSR count). The van der Waals surface area contributed by atoms with Crippen LogP contribution in [0.2, 0.25) is 0 Å². The second kappa shape index (κ2) is 8.04. The highest BCUT2D eigenvalue weighted by Gasteiger charge is 2.34. The molecule has 6 aromatic rings. The first-order valence-electron chi connectivity index (χ1n) is 12.3. The van der Waals surface area contributed by atoms with Crippen molar-refractivity contribution in [1.29, 1.82) is 0 Å². The largest absolute Gasteiger partial charge is 0.340 e. The molecule has 4 aromatic heterocycles. The van der Waals surface area contributed by atoms with Gasteiger partial charge in [-0.2, -0.15) is 0 Å². The Morgan fingerprint density at radius 3 is 2.38 bits per heavy atom. The van der Waals surface area contributed by atoms with Gasteiger partial charge in [0, 0.05) is 41.5 Å². The number of fused-ring (bicyclic) bond motifs is 3. The number of hydrogen-bond acceptors (Lipinski definition) is 5. The van der Waals surface area contributed by atoms with Crippen molar-refractivity contribution in [3.8, 4) is 33.9 Å². The van der Waals surface area contributed by atoms with Crippen LogP contribution < -0.4 is 5.73 Å². The van der Waals surface area contributed by atoms with E-state index < -0.39 is 0 Å². The summed E-state index contributed by atoms with van der Waals surface area (Å²) in [7, 11) is 1.92. The molecule has 0 aliphatic heterocycles. The van der Waals surface area contributed by atoms with E-state index in [2.05, 4.69) is 45.5 Å². The Balaban J connectivity index is 1.43. The summed E-state index contributed by atoms with van der Waals surface area (Å²) in [5, 5.41) is 9.76. The Labute approximate surface area is 212 Å². The molecular weight excluding hydrogens is 465 g/mol. The van der Waals surface area contributed by atoms with Crippen LogP contribution in [-0.4, -0.2) is 29.1 Å². The number of nitrogens with two attached hydrogens (primary N) is 1. The molecule has 0 atom stereocenters. The van der Waals surface area contributed by atoms with Crippen LogP contribution in [0.4, 0.5) is 4.39 Å². The van der Waals surface area contributed by atoms with Gasteiger partial charge in [0.2, 0.25) is 0 Å². The van der Waals surface area contributed by atoms with Gasteiger partial charge in [0.25, 0.3) is 0 Å². The summed E-state index contributed by atoms with van der Waals surface area (Å²) in [6.07, 6.45) is 8.75. The predicted molar refractivity (Wildman–Crippen MR) is 141 cm³/mol. The fourth-order valence-electron chi connectivity index (χ4n) is 5.17. The van der Waals surface area contributed by atoms with Crippen LogP contribution in [0, 0.1) is 5.82 Å². The number of halogens is 1. The average molecular weight is 490 g/mol. The second-order valence-electron chi connectivity index (χ2n) is 9.87. The average Bonchev–Trinajstić information content (AvgIpc) is 3.53. The van der Waals surface area contributed by atoms with Crippen molar-refractivity contribution in [2.24, 2.45) is 12.8 Å². The first-order valence-corrected chi connectivity index (χ1v) is 12.3. The molecule has 0 radical (unpaired) electrons. The van der Waals surface area contributed by atoms with Crippen LogP contribution in [0.15, 0.2) is 79.4 Å². The first-order chi connectivity index (χ1) is 18.0. The fourth-order valence-corrected chi connectivity index (χ4v) is 5.17. The maximum atomic E-state index is 13.8. The molecule has 37 heavy (non-hydrogen) atoms. The summed E-state index contributed by atoms with van der Waals surface area (Å²) in [6, 6.07) is 18.9. The highest BCUT2D eigenvalue weighted by Crippen LogP contribution is 2.40. The minimum Gasteiger partial charge on any atom is -0.340 e. The Morgan fingerprint density at radius 2 is 1.70 bits per heavy atom. The van der Waals surface area contributed by atoms with Crippen molar-refractivity contribution in [2.75, 3.05) is 0 Å². The summed E-state index contributed by atoms with van der Waals surface area (Å²) in [5.41, 5.74) is 13.3. The molecule has 0 amide bonds. The first kappa shape index (κ1) is 21.8. The van der Waals surface area contributed by atoms with E-state index in [1.165, 1.54) is 18.6 Å². The van der Waals surface area contributed by atoms with Crippen LogP contribution in [0.3, 0.4) is 0 Å². The summed E-state index contributed by atoms with van der Waals surface area (Å²) in [6.45, 7) is 0. The van der Waals surface area contributed by atoms with Crippen LogP contribution >= 0.6 is 0 Å². The normalized spacial score (nSPS) is 14.8. The smallest absolute Gasteiger partial charge is 0.188 e. The fraction of sp³-hybridized carbons (Fsp3) is 0.172. The second-order valence-corrected chi connectivity index (χ2v) is 9.87. The lowest BCUT2D eigenvalue weighted by Gasteiger charge is -2.38. The van der Waals surface area contributed by atoms with Crippen molar-refractivity contribution in [3.05, 3.63) is 90.8 Å². The Kier molecular flexibility index (Phi) is 4.74. The van der Waals surface area contributed by atoms with Gasteiger partial charge in [0.1, 0.15) is 11.5 Å². The number of aryl methyl sites for hydroxylation is 1. The molecule has 8 heteroatoms. The van der Waals surface area contributed by atoms with E-state index in [1.807, 2.05) is 34.5 Å². The maximum Gasteiger partial charge on any atom is 0.188 e. The lowest BCUT2D eigenvalue weighted by atomic mass is 9.72. The predicted octanol–water partition coefficient (Wildman–Crippen LogP) is 5.49. The third-order valence-corrected chi connectivity index (χ3v) is 7.44. The van der Waals surface area contributed by atoms with Gasteiger partial charge in [-0.05, 0) is 54.7 Å². The topological polar surface area (TPSA) is 86.9 Å². The standard InChI is InChI=1S/C29H24FN7/c1-36-16-25(32-17-36)28-35-34-27-23-15-22(18-5-9-21(30)10-6-18)26(33-24(23)11-14-37(27)28)19-3-7-20(8-4-19)29(31)12-2-13-29/h3-11,14-17H,2,12-13,31H2,1H3. The quantitative estimate of drug-likeness (QED) is 0.354. The van der Waals surface area contributed by atoms with Crippen molar-refractivity contribution in [3.63, 3.8) is 0 Å². The van der Waals surface area contributed by atoms with Crippen LogP contribution in [0.5, 0.6) is 0 Å². The molecule has 4 heterocycles. The number of rotatable bonds is 4. The minimum absolute atomic E-state index is 0.222. The lowest BCUT2D eigenvalue weighted by Crippen LogP contribution is -2.43. The minimum atomic E-state index is -0.281. The number of benzene rings is 2. The molecule has 0 spiro atoms. The van der Waals surface area contributed by atoms with E-state index in [1.54, 1.807) is 18.5 Å². The number of pyridine rings is 2. The van der Waals surface area contributed by atoms with E-state index in [0.717, 1.165) is 57.4 Å². The highest BCUT2D eigenvalue weighted by molar-refractivity contribution is 5.98. The van der Waals surface area contributed by atoms with Crippen molar-refractivity contribution in [1.82, 2.24) is 29.1 Å². The van der Waals surface area contributed by atoms with E-state index in [0.29, 0.717) is 11.5 Å². The van der Waals surface area contributed by atoms with Gasteiger partial charge in [-0.15, -0.1) is 10.2 Å². The van der Waals surface area contributed by atoms with Crippen LogP contribution in [0.25, 0.3) is 50.5 Å². The van der Waals surface area contributed by atoms with E-state index in [9.17, 15) is 4.39 Å². The number of aromatic nitrogens is 6. The SMILES string of the molecule is Cn1cnc(-c2nnc3c4cc(-c5ccc(F)cc5)c(-c5ccc(C6(N)CCC6)cc5)nc4ccn23)c1. The zero-order chi connectivity index (χ0) is 25.1. The molecular formula is C29H24FN7. The van der Waals surface area contributed by atoms with Crippen molar-refractivity contribution >= 4 is 16.6 Å². The molecule has 1 aliphatic rings. The zero-order valence-corrected chi connectivity index (χ0v) is 20.3. The van der Waals surface area contributed by atoms with E-state index in [-0.39, 0.29) is 11.4 Å². The molecule has 1 fully saturated rings. The zero-order valence-electron chi connectivity index (χ0n) is 20.3. The van der Waals surface area contributed by atoms with Gasteiger partial charge < -0.3 is 10.3 Å². The Morgan fingerprint density at radius 1 is 0.946 bits per heavy atom. The van der Waals surface area contributed by atoms with E-state index >= 15 is 0 Å². The highest BCUT2D eigenvalue weighted by atomic mass is 19.1. The van der Waals surface area contributed by atoms with E-state index in [4.69, 9.17) is 10.7 Å².